The molecule has 0 bridgehead atoms. The monoisotopic (exact) mass is 284 g/mol. The van der Waals surface area contributed by atoms with Gasteiger partial charge < -0.3 is 4.90 Å². The Labute approximate surface area is 117 Å². The molecule has 2 aliphatic rings. The maximum Gasteiger partial charge on any atom is 0.406 e. The van der Waals surface area contributed by atoms with Crippen molar-refractivity contribution in [2.75, 3.05) is 26.2 Å². The number of piperazine rings is 1. The molecule has 1 aliphatic carbocycles. The normalized spacial score (nSPS) is 20.6. The van der Waals surface area contributed by atoms with Crippen molar-refractivity contribution in [1.29, 1.82) is 0 Å². The van der Waals surface area contributed by atoms with Gasteiger partial charge in [0, 0.05) is 11.3 Å². The highest BCUT2D eigenvalue weighted by molar-refractivity contribution is 5.79. The Morgan fingerprint density at radius 2 is 1.85 bits per heavy atom. The van der Waals surface area contributed by atoms with E-state index in [1.165, 1.54) is 6.42 Å². The molecule has 3 N–H and O–H groups in total. The molecule has 1 saturated heterocycles. The van der Waals surface area contributed by atoms with E-state index in [0.29, 0.717) is 26.2 Å². The van der Waals surface area contributed by atoms with Gasteiger partial charge in [-0.25, -0.2) is 10.1 Å². The van der Waals surface area contributed by atoms with Crippen LogP contribution in [0.25, 0.3) is 0 Å². The van der Waals surface area contributed by atoms with Crippen LogP contribution in [0.1, 0.15) is 32.1 Å². The van der Waals surface area contributed by atoms with E-state index < -0.39 is 5.03 Å². The predicted octanol–water partition coefficient (Wildman–Crippen LogP) is -0.483. The highest BCUT2D eigenvalue weighted by Gasteiger charge is 2.29. The van der Waals surface area contributed by atoms with Gasteiger partial charge in [-0.2, -0.15) is 0 Å². The zero-order valence-corrected chi connectivity index (χ0v) is 11.6. The molecule has 2 rings (SSSR count). The van der Waals surface area contributed by atoms with Crippen molar-refractivity contribution in [2.24, 2.45) is 11.7 Å². The number of nitrogens with zero attached hydrogens (tertiary/aromatic N) is 3. The minimum absolute atomic E-state index is 0.0414. The lowest BCUT2D eigenvalue weighted by molar-refractivity contribution is -0.573. The lowest BCUT2D eigenvalue weighted by Crippen LogP contribution is -2.53. The van der Waals surface area contributed by atoms with E-state index in [0.717, 1.165) is 25.7 Å². The summed E-state index contributed by atoms with van der Waals surface area (Å²) < 4.78 is 1.70. The summed E-state index contributed by atoms with van der Waals surface area (Å²) in [5.41, 5.74) is 7.56. The maximum absolute atomic E-state index is 12.4. The standard InChI is InChI=1S/C12H21N5O3/c13-12(14-17(19)20)16-8-6-15(7-9-16)11(18)10-4-2-1-3-5-10/h10H,1-9H2,(H2,13,14)/p+1. The Kier molecular flexibility index (Phi) is 4.75. The van der Waals surface area contributed by atoms with E-state index in [1.807, 2.05) is 10.3 Å². The fourth-order valence-corrected chi connectivity index (χ4v) is 2.94. The van der Waals surface area contributed by atoms with Crippen LogP contribution in [0.15, 0.2) is 0 Å². The van der Waals surface area contributed by atoms with Gasteiger partial charge in [0.05, 0.1) is 26.2 Å². The molecule has 1 amide bonds. The fourth-order valence-electron chi connectivity index (χ4n) is 2.94. The molecular weight excluding hydrogens is 262 g/mol. The van der Waals surface area contributed by atoms with Crippen molar-refractivity contribution >= 4 is 11.9 Å². The average Bonchev–Trinajstić information content (AvgIpc) is 2.47. The second-order valence-electron chi connectivity index (χ2n) is 5.40. The summed E-state index contributed by atoms with van der Waals surface area (Å²) in [4.78, 5) is 24.6. The van der Waals surface area contributed by atoms with Crippen molar-refractivity contribution < 1.29 is 14.4 Å². The fraction of sp³-hybridized carbons (Fsp3) is 0.833. The topological polar surface area (TPSA) is 105 Å². The highest BCUT2D eigenvalue weighted by Crippen LogP contribution is 2.25. The van der Waals surface area contributed by atoms with Crippen LogP contribution in [0.3, 0.4) is 0 Å². The van der Waals surface area contributed by atoms with Crippen molar-refractivity contribution in [1.82, 2.24) is 10.3 Å². The maximum atomic E-state index is 12.4. The SMILES string of the molecule is NC(N[N+](=O)[O-])=[N+]1CCN(C(=O)C2CCCCC2)CC1. The average molecular weight is 284 g/mol. The van der Waals surface area contributed by atoms with Crippen LogP contribution in [0.5, 0.6) is 0 Å². The first kappa shape index (κ1) is 14.5. The number of hydrogen-bond acceptors (Lipinski definition) is 3. The van der Waals surface area contributed by atoms with Crippen molar-refractivity contribution in [2.45, 2.75) is 32.1 Å². The van der Waals surface area contributed by atoms with Gasteiger partial charge >= 0.3 is 5.96 Å². The van der Waals surface area contributed by atoms with Crippen LogP contribution in [-0.4, -0.2) is 52.6 Å². The number of amides is 1. The van der Waals surface area contributed by atoms with Crippen LogP contribution in [0.4, 0.5) is 0 Å². The summed E-state index contributed by atoms with van der Waals surface area (Å²) in [5.74, 6) is 0.457. The molecule has 0 aromatic rings. The predicted molar refractivity (Wildman–Crippen MR) is 72.5 cm³/mol. The zero-order chi connectivity index (χ0) is 14.5. The summed E-state index contributed by atoms with van der Waals surface area (Å²) in [7, 11) is 0. The smallest absolute Gasteiger partial charge is 0.336 e. The molecule has 0 aromatic carbocycles. The second-order valence-corrected chi connectivity index (χ2v) is 5.40. The van der Waals surface area contributed by atoms with Crippen LogP contribution in [0.2, 0.25) is 0 Å². The molecule has 0 unspecified atom stereocenters. The zero-order valence-electron chi connectivity index (χ0n) is 11.6. The number of nitrogens with two attached hydrogens (primary N) is 1. The Bertz CT molecular complexity index is 407. The van der Waals surface area contributed by atoms with Crippen LogP contribution in [-0.2, 0) is 4.79 Å². The molecular formula is C12H22N5O3+. The van der Waals surface area contributed by atoms with E-state index in [-0.39, 0.29) is 17.8 Å². The second kappa shape index (κ2) is 6.53. The summed E-state index contributed by atoms with van der Waals surface area (Å²) in [6.45, 7) is 2.22. The third-order valence-corrected chi connectivity index (χ3v) is 4.09. The van der Waals surface area contributed by atoms with Crippen molar-refractivity contribution in [3.63, 3.8) is 0 Å². The van der Waals surface area contributed by atoms with E-state index in [1.54, 1.807) is 4.58 Å². The van der Waals surface area contributed by atoms with Crippen molar-refractivity contribution in [3.8, 4) is 0 Å². The van der Waals surface area contributed by atoms with Crippen LogP contribution in [0, 0.1) is 16.0 Å². The van der Waals surface area contributed by atoms with E-state index in [4.69, 9.17) is 5.73 Å². The molecule has 1 heterocycles. The van der Waals surface area contributed by atoms with Gasteiger partial charge in [-0.15, -0.1) is 0 Å². The van der Waals surface area contributed by atoms with Gasteiger partial charge in [-0.3, -0.25) is 15.1 Å². The number of guanidine groups is 1. The third-order valence-electron chi connectivity index (χ3n) is 4.09. The molecule has 0 aromatic heterocycles. The van der Waals surface area contributed by atoms with Gasteiger partial charge in [0.25, 0.3) is 0 Å². The molecule has 8 heteroatoms. The Morgan fingerprint density at radius 3 is 2.40 bits per heavy atom. The summed E-state index contributed by atoms with van der Waals surface area (Å²) >= 11 is 0. The Balaban J connectivity index is 1.87. The number of nitrogens with one attached hydrogen (secondary N) is 1. The number of nitro groups is 1. The van der Waals surface area contributed by atoms with E-state index in [2.05, 4.69) is 0 Å². The summed E-state index contributed by atoms with van der Waals surface area (Å²) in [6, 6.07) is 0. The van der Waals surface area contributed by atoms with Gasteiger partial charge in [0.1, 0.15) is 0 Å². The number of hydrogen-bond donors (Lipinski definition) is 2. The summed E-state index contributed by atoms with van der Waals surface area (Å²) in [6.07, 6.45) is 5.51. The van der Waals surface area contributed by atoms with Crippen molar-refractivity contribution in [3.05, 3.63) is 10.1 Å². The molecule has 0 atom stereocenters. The van der Waals surface area contributed by atoms with Gasteiger partial charge in [0.2, 0.25) is 10.9 Å². The third kappa shape index (κ3) is 3.58. The molecule has 8 nitrogen and oxygen atoms in total. The highest BCUT2D eigenvalue weighted by atomic mass is 16.7. The first-order chi connectivity index (χ1) is 9.58. The minimum atomic E-state index is -0.672. The van der Waals surface area contributed by atoms with Crippen LogP contribution >= 0.6 is 0 Å². The van der Waals surface area contributed by atoms with Gasteiger partial charge in [-0.05, 0) is 12.8 Å². The van der Waals surface area contributed by atoms with Gasteiger partial charge in [-0.1, -0.05) is 19.3 Å². The molecule has 2 fully saturated rings. The Hall–Kier alpha value is -1.86. The summed E-state index contributed by atoms with van der Waals surface area (Å²) in [5, 5.41) is 9.66. The molecule has 1 aliphatic heterocycles. The number of carbonyl (C=O) groups excluding carboxylic acids is 1. The first-order valence-electron chi connectivity index (χ1n) is 7.15. The molecule has 112 valence electrons. The van der Waals surface area contributed by atoms with Crippen LogP contribution < -0.4 is 11.2 Å². The molecule has 0 spiro atoms. The molecule has 0 radical (unpaired) electrons. The number of hydrazine groups is 1. The quantitative estimate of drug-likeness (QED) is 0.308. The van der Waals surface area contributed by atoms with Gasteiger partial charge in [0.15, 0.2) is 0 Å². The minimum Gasteiger partial charge on any atom is -0.336 e. The molecule has 1 saturated carbocycles. The lowest BCUT2D eigenvalue weighted by atomic mass is 9.88. The van der Waals surface area contributed by atoms with E-state index in [9.17, 15) is 14.9 Å². The first-order valence-corrected chi connectivity index (χ1v) is 7.15. The Morgan fingerprint density at radius 1 is 1.25 bits per heavy atom. The molecule has 20 heavy (non-hydrogen) atoms. The number of rotatable bonds is 2. The largest absolute Gasteiger partial charge is 0.406 e. The lowest BCUT2D eigenvalue weighted by Gasteiger charge is -2.32. The van der Waals surface area contributed by atoms with E-state index >= 15 is 0 Å². The number of carbonyl (C=O) groups is 1.